The Bertz CT molecular complexity index is 550. The Morgan fingerprint density at radius 2 is 2.16 bits per heavy atom. The Kier molecular flexibility index (Phi) is 4.00. The maximum Gasteiger partial charge on any atom is 0.375 e. The molecule has 1 unspecified atom stereocenters. The number of aryl methyl sites for hydroxylation is 1. The third kappa shape index (κ3) is 2.68. The van der Waals surface area contributed by atoms with Crippen molar-refractivity contribution in [3.63, 3.8) is 0 Å². The second-order valence-corrected chi connectivity index (χ2v) is 4.78. The van der Waals surface area contributed by atoms with Crippen molar-refractivity contribution in [3.05, 3.63) is 34.3 Å². The Balaban J connectivity index is 2.26. The number of carbonyl (C=O) groups excluding carboxylic acids is 3. The van der Waals surface area contributed by atoms with Crippen LogP contribution in [0.2, 0.25) is 5.02 Å². The zero-order valence-electron chi connectivity index (χ0n) is 10.4. The van der Waals surface area contributed by atoms with Crippen LogP contribution >= 0.6 is 11.6 Å². The predicted octanol–water partition coefficient (Wildman–Crippen LogP) is 2.22. The molecule has 0 amide bonds. The molecule has 19 heavy (non-hydrogen) atoms. The number of hydrogen-bond donors (Lipinski definition) is 0. The highest BCUT2D eigenvalue weighted by atomic mass is 35.5. The average molecular weight is 281 g/mol. The molecule has 2 rings (SSSR count). The average Bonchev–Trinajstić information content (AvgIpc) is 2.39. The van der Waals surface area contributed by atoms with Crippen LogP contribution in [0.25, 0.3) is 0 Å². The third-order valence-corrected chi connectivity index (χ3v) is 3.38. The summed E-state index contributed by atoms with van der Waals surface area (Å²) in [5.41, 5.74) is 1.30. The molecule has 1 atom stereocenters. The summed E-state index contributed by atoms with van der Waals surface area (Å²) in [6, 6.07) is 5.03. The number of ether oxygens (including phenoxy) is 1. The van der Waals surface area contributed by atoms with E-state index in [1.807, 2.05) is 0 Å². The minimum Gasteiger partial charge on any atom is -0.460 e. The summed E-state index contributed by atoms with van der Waals surface area (Å²) in [5, 5.41) is 0.441. The van der Waals surface area contributed by atoms with Crippen molar-refractivity contribution in [2.45, 2.75) is 19.8 Å². The van der Waals surface area contributed by atoms with Gasteiger partial charge in [0.05, 0.1) is 12.5 Å². The standard InChI is InChI=1S/C14H13ClO4/c1-2-19-14(18)13(17)10-6-4-8-3-5-9(15)7-11(8)12(10)16/h3,5,7,10H,2,4,6H2,1H3. The number of rotatable bonds is 3. The number of carbonyl (C=O) groups is 3. The monoisotopic (exact) mass is 280 g/mol. The van der Waals surface area contributed by atoms with Crippen LogP contribution in [0, 0.1) is 5.92 Å². The molecular formula is C14H13ClO4. The summed E-state index contributed by atoms with van der Waals surface area (Å²) in [4.78, 5) is 35.5. The molecule has 0 N–H and O–H groups in total. The van der Waals surface area contributed by atoms with E-state index in [0.717, 1.165) is 5.56 Å². The van der Waals surface area contributed by atoms with E-state index in [2.05, 4.69) is 4.74 Å². The smallest absolute Gasteiger partial charge is 0.375 e. The lowest BCUT2D eigenvalue weighted by Gasteiger charge is -2.21. The number of esters is 1. The van der Waals surface area contributed by atoms with Gasteiger partial charge in [-0.15, -0.1) is 0 Å². The molecule has 4 nitrogen and oxygen atoms in total. The Labute approximate surface area is 115 Å². The molecule has 0 bridgehead atoms. The first-order valence-corrected chi connectivity index (χ1v) is 6.46. The normalized spacial score (nSPS) is 17.8. The summed E-state index contributed by atoms with van der Waals surface area (Å²) in [6.07, 6.45) is 0.916. The van der Waals surface area contributed by atoms with Gasteiger partial charge in [-0.05, 0) is 37.5 Å². The summed E-state index contributed by atoms with van der Waals surface area (Å²) < 4.78 is 4.65. The molecule has 5 heteroatoms. The van der Waals surface area contributed by atoms with Gasteiger partial charge >= 0.3 is 5.97 Å². The molecule has 1 aliphatic rings. The fourth-order valence-corrected chi connectivity index (χ4v) is 2.38. The highest BCUT2D eigenvalue weighted by Gasteiger charge is 2.36. The van der Waals surface area contributed by atoms with Crippen molar-refractivity contribution in [2.24, 2.45) is 5.92 Å². The topological polar surface area (TPSA) is 60.4 Å². The second-order valence-electron chi connectivity index (χ2n) is 4.34. The number of halogens is 1. The molecule has 100 valence electrons. The van der Waals surface area contributed by atoms with Gasteiger partial charge in [-0.25, -0.2) is 4.79 Å². The lowest BCUT2D eigenvalue weighted by atomic mass is 9.80. The first kappa shape index (κ1) is 13.7. The molecule has 0 aliphatic heterocycles. The zero-order valence-corrected chi connectivity index (χ0v) is 11.2. The molecule has 0 saturated carbocycles. The van der Waals surface area contributed by atoms with Gasteiger partial charge in [0.15, 0.2) is 5.78 Å². The van der Waals surface area contributed by atoms with Gasteiger partial charge in [-0.3, -0.25) is 9.59 Å². The van der Waals surface area contributed by atoms with E-state index >= 15 is 0 Å². The largest absolute Gasteiger partial charge is 0.460 e. The van der Waals surface area contributed by atoms with Crippen molar-refractivity contribution < 1.29 is 19.1 Å². The van der Waals surface area contributed by atoms with Crippen LogP contribution in [0.4, 0.5) is 0 Å². The zero-order chi connectivity index (χ0) is 14.0. The second kappa shape index (κ2) is 5.53. The number of ketones is 2. The molecular weight excluding hydrogens is 268 g/mol. The van der Waals surface area contributed by atoms with E-state index in [1.54, 1.807) is 25.1 Å². The highest BCUT2D eigenvalue weighted by molar-refractivity contribution is 6.40. The number of Topliss-reactive ketones (excluding diaryl/α,β-unsaturated/α-hetero) is 2. The summed E-state index contributed by atoms with van der Waals surface area (Å²) >= 11 is 5.85. The summed E-state index contributed by atoms with van der Waals surface area (Å²) in [5.74, 6) is -2.99. The molecule has 0 heterocycles. The fraction of sp³-hybridized carbons (Fsp3) is 0.357. The lowest BCUT2D eigenvalue weighted by Crippen LogP contribution is -2.35. The lowest BCUT2D eigenvalue weighted by molar-refractivity contribution is -0.154. The van der Waals surface area contributed by atoms with E-state index in [0.29, 0.717) is 23.4 Å². The summed E-state index contributed by atoms with van der Waals surface area (Å²) in [7, 11) is 0. The maximum atomic E-state index is 12.2. The Morgan fingerprint density at radius 3 is 2.84 bits per heavy atom. The van der Waals surface area contributed by atoms with Crippen LogP contribution in [-0.4, -0.2) is 24.1 Å². The number of hydrogen-bond acceptors (Lipinski definition) is 4. The summed E-state index contributed by atoms with van der Waals surface area (Å²) in [6.45, 7) is 1.73. The molecule has 1 aliphatic carbocycles. The minimum atomic E-state index is -0.940. The maximum absolute atomic E-state index is 12.2. The van der Waals surface area contributed by atoms with Crippen molar-refractivity contribution in [1.82, 2.24) is 0 Å². The van der Waals surface area contributed by atoms with Crippen LogP contribution in [0.5, 0.6) is 0 Å². The van der Waals surface area contributed by atoms with Crippen LogP contribution in [-0.2, 0) is 20.7 Å². The van der Waals surface area contributed by atoms with Gasteiger partial charge in [0, 0.05) is 10.6 Å². The van der Waals surface area contributed by atoms with Gasteiger partial charge in [0.1, 0.15) is 0 Å². The van der Waals surface area contributed by atoms with Gasteiger partial charge < -0.3 is 4.74 Å². The van der Waals surface area contributed by atoms with E-state index in [9.17, 15) is 14.4 Å². The van der Waals surface area contributed by atoms with E-state index in [1.165, 1.54) is 0 Å². The molecule has 0 radical (unpaired) electrons. The van der Waals surface area contributed by atoms with Crippen LogP contribution < -0.4 is 0 Å². The number of fused-ring (bicyclic) bond motifs is 1. The Hall–Kier alpha value is -1.68. The van der Waals surface area contributed by atoms with Gasteiger partial charge in [-0.1, -0.05) is 17.7 Å². The first-order chi connectivity index (χ1) is 9.04. The molecule has 1 aromatic carbocycles. The quantitative estimate of drug-likeness (QED) is 0.484. The van der Waals surface area contributed by atoms with Crippen LogP contribution in [0.3, 0.4) is 0 Å². The van der Waals surface area contributed by atoms with Gasteiger partial charge in [0.25, 0.3) is 5.78 Å². The third-order valence-electron chi connectivity index (χ3n) is 3.15. The SMILES string of the molecule is CCOC(=O)C(=O)C1CCc2ccc(Cl)cc2C1=O. The van der Waals surface area contributed by atoms with E-state index in [-0.39, 0.29) is 12.4 Å². The van der Waals surface area contributed by atoms with E-state index < -0.39 is 17.7 Å². The van der Waals surface area contributed by atoms with Crippen molar-refractivity contribution in [3.8, 4) is 0 Å². The molecule has 1 aromatic rings. The Morgan fingerprint density at radius 1 is 1.42 bits per heavy atom. The van der Waals surface area contributed by atoms with Crippen molar-refractivity contribution in [2.75, 3.05) is 6.61 Å². The molecule has 0 spiro atoms. The van der Waals surface area contributed by atoms with Gasteiger partial charge in [-0.2, -0.15) is 0 Å². The fourth-order valence-electron chi connectivity index (χ4n) is 2.21. The number of benzene rings is 1. The van der Waals surface area contributed by atoms with Crippen molar-refractivity contribution in [1.29, 1.82) is 0 Å². The molecule has 0 fully saturated rings. The van der Waals surface area contributed by atoms with Crippen molar-refractivity contribution >= 4 is 29.1 Å². The highest BCUT2D eigenvalue weighted by Crippen LogP contribution is 2.28. The minimum absolute atomic E-state index is 0.119. The first-order valence-electron chi connectivity index (χ1n) is 6.08. The van der Waals surface area contributed by atoms with E-state index in [4.69, 9.17) is 11.6 Å². The van der Waals surface area contributed by atoms with Gasteiger partial charge in [0.2, 0.25) is 0 Å². The predicted molar refractivity (Wildman–Crippen MR) is 69.2 cm³/mol. The molecule has 0 aromatic heterocycles. The van der Waals surface area contributed by atoms with Crippen LogP contribution in [0.1, 0.15) is 29.3 Å². The van der Waals surface area contributed by atoms with Crippen LogP contribution in [0.15, 0.2) is 18.2 Å². The molecule has 0 saturated heterocycles.